The Balaban J connectivity index is 1.51. The molecule has 4 rings (SSSR count). The smallest absolute Gasteiger partial charge is 0.312 e. The Morgan fingerprint density at radius 1 is 1.14 bits per heavy atom. The van der Waals surface area contributed by atoms with Crippen molar-refractivity contribution >= 4 is 17.7 Å². The molecule has 2 heterocycles. The number of hydrogen-bond donors (Lipinski definition) is 1. The van der Waals surface area contributed by atoms with Gasteiger partial charge in [0, 0.05) is 24.6 Å². The standard InChI is InChI=1S/C27H31NO8/c1-16-25(36-26(31)18-8-9-18)19(12-17-6-4-3-5-7-17)14-34-15-20(27(32)35-16)13-21(29)23-24(30)22(33-2)10-11-28-23/h3-7,10-11,16,18-20,25,30H,8-9,12-15H2,1-2H3/t16-,19-,20-,25-/m0/s1. The first kappa shape index (κ1) is 25.6. The summed E-state index contributed by atoms with van der Waals surface area (Å²) < 4.78 is 22.5. The summed E-state index contributed by atoms with van der Waals surface area (Å²) >= 11 is 0. The van der Waals surface area contributed by atoms with Gasteiger partial charge in [-0.3, -0.25) is 14.4 Å². The molecule has 0 spiro atoms. The molecule has 0 radical (unpaired) electrons. The summed E-state index contributed by atoms with van der Waals surface area (Å²) in [6.07, 6.45) is 1.81. The number of hydrogen-bond acceptors (Lipinski definition) is 9. The summed E-state index contributed by atoms with van der Waals surface area (Å²) in [6.45, 7) is 1.85. The molecule has 2 aromatic rings. The van der Waals surface area contributed by atoms with Gasteiger partial charge < -0.3 is 24.1 Å². The van der Waals surface area contributed by atoms with Crippen molar-refractivity contribution in [2.24, 2.45) is 17.8 Å². The third-order valence-corrected chi connectivity index (χ3v) is 6.52. The van der Waals surface area contributed by atoms with E-state index in [1.165, 1.54) is 19.4 Å². The molecule has 1 saturated heterocycles. The molecule has 0 amide bonds. The first-order valence-electron chi connectivity index (χ1n) is 12.1. The normalized spacial score (nSPS) is 24.6. The van der Waals surface area contributed by atoms with Gasteiger partial charge in [-0.05, 0) is 31.7 Å². The molecule has 1 N–H and O–H groups in total. The van der Waals surface area contributed by atoms with E-state index in [0.717, 1.165) is 18.4 Å². The van der Waals surface area contributed by atoms with Gasteiger partial charge in [0.05, 0.1) is 32.2 Å². The number of carbonyl (C=O) groups is 3. The van der Waals surface area contributed by atoms with Crippen LogP contribution in [-0.2, 0) is 30.2 Å². The predicted octanol–water partition coefficient (Wildman–Crippen LogP) is 3.13. The number of aromatic nitrogens is 1. The van der Waals surface area contributed by atoms with E-state index in [1.807, 2.05) is 30.3 Å². The molecule has 1 aliphatic carbocycles. The number of ketones is 1. The van der Waals surface area contributed by atoms with E-state index in [9.17, 15) is 19.5 Å². The Morgan fingerprint density at radius 2 is 1.89 bits per heavy atom. The van der Waals surface area contributed by atoms with Crippen LogP contribution in [0.1, 0.15) is 42.2 Å². The van der Waals surface area contributed by atoms with Gasteiger partial charge >= 0.3 is 11.9 Å². The van der Waals surface area contributed by atoms with E-state index in [2.05, 4.69) is 4.98 Å². The minimum absolute atomic E-state index is 0.0589. The fourth-order valence-electron chi connectivity index (χ4n) is 4.36. The molecular weight excluding hydrogens is 466 g/mol. The molecule has 192 valence electrons. The molecular formula is C27H31NO8. The van der Waals surface area contributed by atoms with Crippen molar-refractivity contribution in [3.63, 3.8) is 0 Å². The predicted molar refractivity (Wildman–Crippen MR) is 128 cm³/mol. The SMILES string of the molecule is COc1ccnc(C(=O)C[C@H]2COC[C@H](Cc3ccccc3)[C@@H](OC(=O)C3CC3)[C@H](C)OC2=O)c1O. The highest BCUT2D eigenvalue weighted by molar-refractivity contribution is 5.99. The first-order valence-corrected chi connectivity index (χ1v) is 12.1. The highest BCUT2D eigenvalue weighted by atomic mass is 16.6. The summed E-state index contributed by atoms with van der Waals surface area (Å²) in [5, 5.41) is 10.3. The van der Waals surface area contributed by atoms with Crippen LogP contribution in [0.3, 0.4) is 0 Å². The van der Waals surface area contributed by atoms with Crippen LogP contribution in [-0.4, -0.2) is 60.3 Å². The van der Waals surface area contributed by atoms with Crippen molar-refractivity contribution in [1.82, 2.24) is 4.98 Å². The maximum Gasteiger partial charge on any atom is 0.312 e. The molecule has 1 aromatic carbocycles. The van der Waals surface area contributed by atoms with E-state index >= 15 is 0 Å². The monoisotopic (exact) mass is 497 g/mol. The molecule has 9 heteroatoms. The van der Waals surface area contributed by atoms with Crippen molar-refractivity contribution in [3.8, 4) is 11.5 Å². The second kappa shape index (κ2) is 11.5. The zero-order valence-corrected chi connectivity index (χ0v) is 20.4. The fourth-order valence-corrected chi connectivity index (χ4v) is 4.36. The Bertz CT molecular complexity index is 1080. The lowest BCUT2D eigenvalue weighted by Gasteiger charge is -2.30. The van der Waals surface area contributed by atoms with Crippen molar-refractivity contribution in [2.75, 3.05) is 20.3 Å². The molecule has 1 aromatic heterocycles. The highest BCUT2D eigenvalue weighted by Gasteiger charge is 2.40. The number of esters is 2. The van der Waals surface area contributed by atoms with Crippen LogP contribution in [0.25, 0.3) is 0 Å². The molecule has 4 atom stereocenters. The van der Waals surface area contributed by atoms with Crippen LogP contribution >= 0.6 is 0 Å². The van der Waals surface area contributed by atoms with Gasteiger partial charge in [0.1, 0.15) is 12.2 Å². The number of nitrogens with zero attached hydrogens (tertiary/aromatic N) is 1. The maximum absolute atomic E-state index is 13.0. The number of Topliss-reactive ketones (excluding diaryl/α,β-unsaturated/α-hetero) is 1. The Labute approximate surface area is 209 Å². The molecule has 0 bridgehead atoms. The number of ether oxygens (including phenoxy) is 4. The van der Waals surface area contributed by atoms with Crippen LogP contribution in [0.15, 0.2) is 42.6 Å². The quantitative estimate of drug-likeness (QED) is 0.433. The number of methoxy groups -OCH3 is 1. The minimum atomic E-state index is -0.914. The molecule has 0 unspecified atom stereocenters. The zero-order chi connectivity index (χ0) is 25.7. The van der Waals surface area contributed by atoms with Gasteiger partial charge in [-0.2, -0.15) is 0 Å². The summed E-state index contributed by atoms with van der Waals surface area (Å²) in [4.78, 5) is 42.4. The summed E-state index contributed by atoms with van der Waals surface area (Å²) in [7, 11) is 1.37. The summed E-state index contributed by atoms with van der Waals surface area (Å²) in [5.41, 5.74) is 0.857. The highest BCUT2D eigenvalue weighted by Crippen LogP contribution is 2.33. The van der Waals surface area contributed by atoms with E-state index < -0.39 is 29.9 Å². The van der Waals surface area contributed by atoms with Gasteiger partial charge in [0.2, 0.25) is 0 Å². The molecule has 9 nitrogen and oxygen atoms in total. The Hall–Kier alpha value is -3.46. The van der Waals surface area contributed by atoms with Gasteiger partial charge in [-0.15, -0.1) is 0 Å². The van der Waals surface area contributed by atoms with Crippen LogP contribution in [0.4, 0.5) is 0 Å². The average Bonchev–Trinajstić information content (AvgIpc) is 3.71. The lowest BCUT2D eigenvalue weighted by atomic mass is 9.91. The van der Waals surface area contributed by atoms with Crippen molar-refractivity contribution in [3.05, 3.63) is 53.9 Å². The largest absolute Gasteiger partial charge is 0.503 e. The molecule has 36 heavy (non-hydrogen) atoms. The fraction of sp³-hybridized carbons (Fsp3) is 0.481. The number of carbonyl (C=O) groups excluding carboxylic acids is 3. The lowest BCUT2D eigenvalue weighted by molar-refractivity contribution is -0.173. The van der Waals surface area contributed by atoms with Crippen LogP contribution in [0, 0.1) is 17.8 Å². The van der Waals surface area contributed by atoms with Gasteiger partial charge in [-0.1, -0.05) is 30.3 Å². The third kappa shape index (κ3) is 6.20. The van der Waals surface area contributed by atoms with Crippen molar-refractivity contribution in [1.29, 1.82) is 0 Å². The lowest BCUT2D eigenvalue weighted by Crippen LogP contribution is -2.41. The molecule has 1 aliphatic heterocycles. The summed E-state index contributed by atoms with van der Waals surface area (Å²) in [5.74, 6) is -3.00. The molecule has 2 aliphatic rings. The maximum atomic E-state index is 13.0. The Morgan fingerprint density at radius 3 is 2.58 bits per heavy atom. The van der Waals surface area contributed by atoms with E-state index in [1.54, 1.807) is 6.92 Å². The van der Waals surface area contributed by atoms with Gasteiger partial charge in [0.15, 0.2) is 23.0 Å². The minimum Gasteiger partial charge on any atom is -0.503 e. The average molecular weight is 498 g/mol. The molecule has 2 fully saturated rings. The van der Waals surface area contributed by atoms with Crippen LogP contribution in [0.2, 0.25) is 0 Å². The number of cyclic esters (lactones) is 1. The number of aromatic hydroxyl groups is 1. The first-order chi connectivity index (χ1) is 17.4. The second-order valence-electron chi connectivity index (χ2n) is 9.34. The number of benzene rings is 1. The van der Waals surface area contributed by atoms with E-state index in [4.69, 9.17) is 18.9 Å². The van der Waals surface area contributed by atoms with Gasteiger partial charge in [0.25, 0.3) is 0 Å². The van der Waals surface area contributed by atoms with E-state index in [0.29, 0.717) is 6.42 Å². The zero-order valence-electron chi connectivity index (χ0n) is 20.4. The summed E-state index contributed by atoms with van der Waals surface area (Å²) in [6, 6.07) is 11.2. The van der Waals surface area contributed by atoms with E-state index in [-0.39, 0.29) is 54.6 Å². The van der Waals surface area contributed by atoms with Crippen molar-refractivity contribution in [2.45, 2.75) is 44.8 Å². The van der Waals surface area contributed by atoms with Gasteiger partial charge in [-0.25, -0.2) is 4.98 Å². The van der Waals surface area contributed by atoms with Crippen molar-refractivity contribution < 1.29 is 38.4 Å². The number of pyridine rings is 1. The molecule has 1 saturated carbocycles. The van der Waals surface area contributed by atoms with Crippen LogP contribution in [0.5, 0.6) is 11.5 Å². The van der Waals surface area contributed by atoms with Crippen LogP contribution < -0.4 is 4.74 Å². The third-order valence-electron chi connectivity index (χ3n) is 6.52. The topological polar surface area (TPSA) is 121 Å². The Kier molecular flexibility index (Phi) is 8.20. The second-order valence-corrected chi connectivity index (χ2v) is 9.34. The number of rotatable bonds is 8.